The third-order valence-corrected chi connectivity index (χ3v) is 10.5. The van der Waals surface area contributed by atoms with E-state index in [0.717, 1.165) is 6.42 Å². The molecule has 230 valence electrons. The summed E-state index contributed by atoms with van der Waals surface area (Å²) in [6.45, 7) is 4.66. The van der Waals surface area contributed by atoms with Crippen LogP contribution in [0.25, 0.3) is 76.8 Å². The summed E-state index contributed by atoms with van der Waals surface area (Å²) in [5, 5.41) is 7.73. The average Bonchev–Trinajstić information content (AvgIpc) is 3.77. The number of hydrogen-bond acceptors (Lipinski definition) is 0. The summed E-state index contributed by atoms with van der Waals surface area (Å²) in [6.07, 6.45) is 6.06. The highest BCUT2D eigenvalue weighted by Gasteiger charge is 2.19. The topological polar surface area (TPSA) is 25.6 Å². The van der Waals surface area contributed by atoms with E-state index in [0.29, 0.717) is 5.92 Å². The van der Waals surface area contributed by atoms with Crippen LogP contribution in [0.3, 0.4) is 0 Å². The molecule has 0 bridgehead atoms. The number of rotatable bonds is 8. The molecule has 3 nitrogen and oxygen atoms in total. The summed E-state index contributed by atoms with van der Waals surface area (Å²) in [4.78, 5) is 3.91. The van der Waals surface area contributed by atoms with Crippen LogP contribution in [0.2, 0.25) is 0 Å². The van der Waals surface area contributed by atoms with Crippen LogP contribution in [0.1, 0.15) is 45.1 Å². The van der Waals surface area contributed by atoms with E-state index in [1.165, 1.54) is 108 Å². The van der Waals surface area contributed by atoms with Crippen molar-refractivity contribution in [1.82, 2.24) is 14.1 Å². The van der Waals surface area contributed by atoms with E-state index in [-0.39, 0.29) is 0 Å². The van der Waals surface area contributed by atoms with Gasteiger partial charge in [0.05, 0.1) is 22.1 Å². The zero-order valence-electron chi connectivity index (χ0n) is 27.1. The number of unbranched alkanes of at least 4 members (excludes halogenated alkanes) is 1. The van der Waals surface area contributed by atoms with Gasteiger partial charge in [-0.3, -0.25) is 0 Å². The fourth-order valence-electron chi connectivity index (χ4n) is 8.13. The molecule has 0 spiro atoms. The molecule has 0 saturated carbocycles. The van der Waals surface area contributed by atoms with Gasteiger partial charge >= 0.3 is 0 Å². The first-order chi connectivity index (χ1) is 23.2. The number of benzene rings is 6. The van der Waals surface area contributed by atoms with Gasteiger partial charge in [-0.15, -0.1) is 0 Å². The van der Waals surface area contributed by atoms with Crippen molar-refractivity contribution >= 4 is 65.4 Å². The van der Waals surface area contributed by atoms with Crippen molar-refractivity contribution < 1.29 is 0 Å². The maximum atomic E-state index is 3.91. The maximum absolute atomic E-state index is 3.91. The van der Waals surface area contributed by atoms with Gasteiger partial charge in [-0.05, 0) is 72.5 Å². The fourth-order valence-corrected chi connectivity index (χ4v) is 8.13. The maximum Gasteiger partial charge on any atom is 0.0541 e. The van der Waals surface area contributed by atoms with Crippen LogP contribution >= 0.6 is 0 Å². The Bertz CT molecular complexity index is 2480. The number of fused-ring (bicyclic) bond motifs is 9. The van der Waals surface area contributed by atoms with Gasteiger partial charge in [-0.2, -0.15) is 0 Å². The largest absolute Gasteiger partial charge is 0.354 e. The molecule has 1 atom stereocenters. The predicted octanol–water partition coefficient (Wildman–Crippen LogP) is 12.3. The molecule has 9 aromatic rings. The van der Waals surface area contributed by atoms with Gasteiger partial charge in [0.2, 0.25) is 0 Å². The van der Waals surface area contributed by atoms with E-state index in [1.807, 2.05) is 0 Å². The van der Waals surface area contributed by atoms with Gasteiger partial charge in [0, 0.05) is 54.7 Å². The number of aromatic nitrogens is 3. The molecule has 0 aliphatic carbocycles. The van der Waals surface area contributed by atoms with E-state index in [4.69, 9.17) is 0 Å². The van der Waals surface area contributed by atoms with Gasteiger partial charge in [-0.1, -0.05) is 112 Å². The summed E-state index contributed by atoms with van der Waals surface area (Å²) < 4.78 is 4.91. The smallest absolute Gasteiger partial charge is 0.0541 e. The van der Waals surface area contributed by atoms with Crippen molar-refractivity contribution in [2.24, 2.45) is 5.92 Å². The van der Waals surface area contributed by atoms with Gasteiger partial charge in [-0.25, -0.2) is 0 Å². The van der Waals surface area contributed by atoms with Crippen LogP contribution in [0.5, 0.6) is 0 Å². The third kappa shape index (κ3) is 4.41. The van der Waals surface area contributed by atoms with E-state index >= 15 is 0 Å². The van der Waals surface area contributed by atoms with Crippen molar-refractivity contribution in [1.29, 1.82) is 0 Å². The lowest BCUT2D eigenvalue weighted by atomic mass is 9.90. The van der Waals surface area contributed by atoms with Crippen LogP contribution < -0.4 is 0 Å². The summed E-state index contributed by atoms with van der Waals surface area (Å²) >= 11 is 0. The molecule has 1 N–H and O–H groups in total. The van der Waals surface area contributed by atoms with Crippen molar-refractivity contribution in [2.75, 3.05) is 0 Å². The zero-order chi connectivity index (χ0) is 31.5. The second-order valence-corrected chi connectivity index (χ2v) is 13.2. The first kappa shape index (κ1) is 28.0. The fraction of sp³-hybridized carbons (Fsp3) is 0.182. The van der Waals surface area contributed by atoms with Crippen LogP contribution in [0, 0.1) is 5.92 Å². The summed E-state index contributed by atoms with van der Waals surface area (Å²) in [5.41, 5.74) is 11.3. The predicted molar refractivity (Wildman–Crippen MR) is 201 cm³/mol. The number of H-pyrrole nitrogens is 1. The first-order valence-corrected chi connectivity index (χ1v) is 17.3. The molecule has 0 fully saturated rings. The normalized spacial score (nSPS) is 12.8. The Kier molecular flexibility index (Phi) is 6.67. The van der Waals surface area contributed by atoms with Crippen molar-refractivity contribution in [3.8, 4) is 11.4 Å². The molecular formula is C44H39N3. The van der Waals surface area contributed by atoms with Crippen LogP contribution in [-0.2, 0) is 6.42 Å². The molecule has 0 saturated heterocycles. The molecule has 0 aliphatic heterocycles. The minimum Gasteiger partial charge on any atom is -0.354 e. The quantitative estimate of drug-likeness (QED) is 0.177. The van der Waals surface area contributed by atoms with E-state index in [9.17, 15) is 0 Å². The average molecular weight is 610 g/mol. The van der Waals surface area contributed by atoms with Crippen molar-refractivity contribution in [3.05, 3.63) is 133 Å². The summed E-state index contributed by atoms with van der Waals surface area (Å²) in [7, 11) is 0. The standard InChI is InChI=1S/C44H39N3/c1-3-5-14-29(4-2)25-30-26-32(47-42-21-12-8-17-35(42)36-18-9-13-22-43(36)47)28-38-37-27-31(23-24-39(37)45-44(30)38)46-40-19-10-6-15-33(40)34-16-7-11-20-41(34)46/h6-13,15-24,26-29,45H,3-5,14,25H2,1-2H3. The zero-order valence-corrected chi connectivity index (χ0v) is 27.1. The Morgan fingerprint density at radius 2 is 1.04 bits per heavy atom. The summed E-state index contributed by atoms with van der Waals surface area (Å²) in [6, 6.07) is 47.1. The van der Waals surface area contributed by atoms with Crippen molar-refractivity contribution in [3.63, 3.8) is 0 Å². The van der Waals surface area contributed by atoms with E-state index in [2.05, 4.69) is 155 Å². The molecule has 47 heavy (non-hydrogen) atoms. The number of para-hydroxylation sites is 4. The molecule has 9 rings (SSSR count). The van der Waals surface area contributed by atoms with E-state index < -0.39 is 0 Å². The minimum atomic E-state index is 0.658. The lowest BCUT2D eigenvalue weighted by molar-refractivity contribution is 0.450. The van der Waals surface area contributed by atoms with Gasteiger partial charge in [0.25, 0.3) is 0 Å². The van der Waals surface area contributed by atoms with Crippen LogP contribution in [0.15, 0.2) is 127 Å². The highest BCUT2D eigenvalue weighted by molar-refractivity contribution is 6.13. The SMILES string of the molecule is CCCCC(CC)Cc1cc(-n2c3ccccc3c3ccccc32)cc2c1[nH]c1ccc(-n3c4ccccc4c4ccccc43)cc12. The molecule has 0 aliphatic rings. The second-order valence-electron chi connectivity index (χ2n) is 13.2. The number of hydrogen-bond donors (Lipinski definition) is 1. The Morgan fingerprint density at radius 1 is 0.532 bits per heavy atom. The van der Waals surface area contributed by atoms with E-state index in [1.54, 1.807) is 0 Å². The van der Waals surface area contributed by atoms with Gasteiger partial charge < -0.3 is 14.1 Å². The van der Waals surface area contributed by atoms with Crippen LogP contribution in [-0.4, -0.2) is 14.1 Å². The molecule has 6 aromatic carbocycles. The minimum absolute atomic E-state index is 0.658. The Balaban J connectivity index is 1.32. The summed E-state index contributed by atoms with van der Waals surface area (Å²) in [5.74, 6) is 0.658. The molecule has 0 amide bonds. The first-order valence-electron chi connectivity index (χ1n) is 17.3. The second kappa shape index (κ2) is 11.2. The molecule has 3 aromatic heterocycles. The monoisotopic (exact) mass is 609 g/mol. The number of aromatic amines is 1. The van der Waals surface area contributed by atoms with Crippen LogP contribution in [0.4, 0.5) is 0 Å². The Hall–Kier alpha value is -5.28. The molecule has 3 heteroatoms. The Morgan fingerprint density at radius 3 is 1.57 bits per heavy atom. The molecule has 1 unspecified atom stereocenters. The Labute approximate surface area is 275 Å². The van der Waals surface area contributed by atoms with Gasteiger partial charge in [0.1, 0.15) is 0 Å². The van der Waals surface area contributed by atoms with Gasteiger partial charge in [0.15, 0.2) is 0 Å². The lowest BCUT2D eigenvalue weighted by Crippen LogP contribution is -2.05. The highest BCUT2D eigenvalue weighted by atomic mass is 15.0. The van der Waals surface area contributed by atoms with Crippen molar-refractivity contribution in [2.45, 2.75) is 46.0 Å². The lowest BCUT2D eigenvalue weighted by Gasteiger charge is -2.17. The number of nitrogens with one attached hydrogen (secondary N) is 1. The molecule has 3 heterocycles. The highest BCUT2D eigenvalue weighted by Crippen LogP contribution is 2.39. The number of nitrogens with zero attached hydrogens (tertiary/aromatic N) is 2. The third-order valence-electron chi connectivity index (χ3n) is 10.5. The molecular weight excluding hydrogens is 571 g/mol. The molecule has 0 radical (unpaired) electrons.